The summed E-state index contributed by atoms with van der Waals surface area (Å²) in [7, 11) is 0.682. The third-order valence-electron chi connectivity index (χ3n) is 3.06. The SMILES string of the molecule is CC(C)C1=NC(CN(C)C)=C(S(C)(=O)=O)C(C)C1. The van der Waals surface area contributed by atoms with Gasteiger partial charge in [0.1, 0.15) is 0 Å². The van der Waals surface area contributed by atoms with Gasteiger partial charge in [0.25, 0.3) is 0 Å². The molecule has 0 aliphatic carbocycles. The Bertz CT molecular complexity index is 473. The van der Waals surface area contributed by atoms with Crippen LogP contribution in [-0.4, -0.2) is 45.9 Å². The van der Waals surface area contributed by atoms with Crippen molar-refractivity contribution in [2.75, 3.05) is 26.9 Å². The molecule has 1 rings (SSSR count). The number of sulfone groups is 1. The van der Waals surface area contributed by atoms with Crippen molar-refractivity contribution in [3.05, 3.63) is 10.6 Å². The smallest absolute Gasteiger partial charge is 0.173 e. The Labute approximate surface area is 111 Å². The van der Waals surface area contributed by atoms with E-state index in [0.717, 1.165) is 12.1 Å². The van der Waals surface area contributed by atoms with Crippen LogP contribution in [0.2, 0.25) is 0 Å². The molecule has 0 saturated carbocycles. The van der Waals surface area contributed by atoms with E-state index in [-0.39, 0.29) is 5.92 Å². The molecule has 1 atom stereocenters. The Morgan fingerprint density at radius 3 is 2.33 bits per heavy atom. The summed E-state index contributed by atoms with van der Waals surface area (Å²) < 4.78 is 23.8. The van der Waals surface area contributed by atoms with Gasteiger partial charge in [-0.05, 0) is 32.4 Å². The number of hydrogen-bond donors (Lipinski definition) is 0. The lowest BCUT2D eigenvalue weighted by Gasteiger charge is -2.26. The fraction of sp³-hybridized carbons (Fsp3) is 0.769. The first kappa shape index (κ1) is 15.4. The summed E-state index contributed by atoms with van der Waals surface area (Å²) in [6.07, 6.45) is 2.03. The zero-order chi connectivity index (χ0) is 14.1. The number of rotatable bonds is 4. The molecule has 4 nitrogen and oxygen atoms in total. The van der Waals surface area contributed by atoms with Crippen LogP contribution in [-0.2, 0) is 9.84 Å². The Morgan fingerprint density at radius 2 is 1.94 bits per heavy atom. The molecule has 0 radical (unpaired) electrons. The molecule has 18 heavy (non-hydrogen) atoms. The summed E-state index contributed by atoms with van der Waals surface area (Å²) in [5, 5.41) is 0. The molecule has 104 valence electrons. The van der Waals surface area contributed by atoms with Crippen molar-refractivity contribution in [2.24, 2.45) is 16.8 Å². The quantitative estimate of drug-likeness (QED) is 0.786. The predicted octanol–water partition coefficient (Wildman–Crippen LogP) is 1.94. The average molecular weight is 272 g/mol. The minimum absolute atomic E-state index is 0.0323. The van der Waals surface area contributed by atoms with Gasteiger partial charge in [-0.2, -0.15) is 0 Å². The maximum Gasteiger partial charge on any atom is 0.173 e. The third kappa shape index (κ3) is 3.65. The van der Waals surface area contributed by atoms with E-state index in [9.17, 15) is 8.42 Å². The topological polar surface area (TPSA) is 49.7 Å². The van der Waals surface area contributed by atoms with E-state index < -0.39 is 9.84 Å². The van der Waals surface area contributed by atoms with Gasteiger partial charge in [-0.15, -0.1) is 0 Å². The Morgan fingerprint density at radius 1 is 1.39 bits per heavy atom. The highest BCUT2D eigenvalue weighted by atomic mass is 32.2. The van der Waals surface area contributed by atoms with Gasteiger partial charge in [-0.1, -0.05) is 20.8 Å². The minimum atomic E-state index is -3.17. The Kier molecular flexibility index (Phi) is 4.72. The Hall–Kier alpha value is -0.680. The molecule has 1 heterocycles. The van der Waals surface area contributed by atoms with Gasteiger partial charge in [-0.25, -0.2) is 8.42 Å². The van der Waals surface area contributed by atoms with Crippen molar-refractivity contribution in [3.63, 3.8) is 0 Å². The molecular weight excluding hydrogens is 248 g/mol. The molecule has 0 fully saturated rings. The van der Waals surface area contributed by atoms with E-state index in [1.165, 1.54) is 6.26 Å². The lowest BCUT2D eigenvalue weighted by Crippen LogP contribution is -2.27. The van der Waals surface area contributed by atoms with Gasteiger partial charge < -0.3 is 4.90 Å². The van der Waals surface area contributed by atoms with Crippen LogP contribution in [0.3, 0.4) is 0 Å². The van der Waals surface area contributed by atoms with E-state index in [1.54, 1.807) is 0 Å². The second-order valence-corrected chi connectivity index (χ2v) is 7.67. The lowest BCUT2D eigenvalue weighted by molar-refractivity contribution is 0.438. The van der Waals surface area contributed by atoms with Crippen molar-refractivity contribution in [3.8, 4) is 0 Å². The van der Waals surface area contributed by atoms with Crippen LogP contribution in [0.5, 0.6) is 0 Å². The molecular formula is C13H24N2O2S. The molecule has 1 unspecified atom stereocenters. The number of allylic oxidation sites excluding steroid dienone is 1. The van der Waals surface area contributed by atoms with Gasteiger partial charge in [0, 0.05) is 18.5 Å². The molecule has 0 bridgehead atoms. The average Bonchev–Trinajstić information content (AvgIpc) is 2.12. The van der Waals surface area contributed by atoms with E-state index in [1.807, 2.05) is 25.9 Å². The zero-order valence-corrected chi connectivity index (χ0v) is 13.0. The van der Waals surface area contributed by atoms with Crippen LogP contribution in [0, 0.1) is 11.8 Å². The van der Waals surface area contributed by atoms with Crippen molar-refractivity contribution in [1.29, 1.82) is 0 Å². The van der Waals surface area contributed by atoms with Gasteiger partial charge in [0.05, 0.1) is 10.6 Å². The fourth-order valence-electron chi connectivity index (χ4n) is 2.32. The first-order valence-corrected chi connectivity index (χ1v) is 8.17. The highest BCUT2D eigenvalue weighted by molar-refractivity contribution is 7.94. The predicted molar refractivity (Wildman–Crippen MR) is 76.5 cm³/mol. The minimum Gasteiger partial charge on any atom is -0.304 e. The molecule has 1 aliphatic heterocycles. The van der Waals surface area contributed by atoms with Crippen LogP contribution in [0.4, 0.5) is 0 Å². The molecule has 1 aliphatic rings. The second kappa shape index (κ2) is 5.53. The summed E-state index contributed by atoms with van der Waals surface area (Å²) in [4.78, 5) is 7.07. The van der Waals surface area contributed by atoms with Crippen molar-refractivity contribution < 1.29 is 8.42 Å². The first-order chi connectivity index (χ1) is 8.12. The lowest BCUT2D eigenvalue weighted by atomic mass is 9.93. The van der Waals surface area contributed by atoms with Crippen LogP contribution in [0.25, 0.3) is 0 Å². The molecule has 5 heteroatoms. The van der Waals surface area contributed by atoms with Gasteiger partial charge in [0.15, 0.2) is 9.84 Å². The van der Waals surface area contributed by atoms with Crippen molar-refractivity contribution in [2.45, 2.75) is 27.2 Å². The van der Waals surface area contributed by atoms with E-state index in [0.29, 0.717) is 23.1 Å². The monoisotopic (exact) mass is 272 g/mol. The maximum atomic E-state index is 11.9. The fourth-order valence-corrected chi connectivity index (χ4v) is 3.67. The Balaban J connectivity index is 3.33. The normalized spacial score (nSPS) is 21.8. The standard InChI is InChI=1S/C13H24N2O2S/c1-9(2)11-7-10(3)13(18(6,16)17)12(14-11)8-15(4)5/h9-10H,7-8H2,1-6H3. The summed E-state index contributed by atoms with van der Waals surface area (Å²) in [6, 6.07) is 0. The summed E-state index contributed by atoms with van der Waals surface area (Å²) >= 11 is 0. The summed E-state index contributed by atoms with van der Waals surface area (Å²) in [6.45, 7) is 6.75. The molecule has 0 spiro atoms. The molecule has 0 aromatic carbocycles. The number of likely N-dealkylation sites (N-methyl/N-ethyl adjacent to an activating group) is 1. The van der Waals surface area contributed by atoms with Crippen molar-refractivity contribution in [1.82, 2.24) is 4.90 Å². The van der Waals surface area contributed by atoms with E-state index in [2.05, 4.69) is 18.8 Å². The van der Waals surface area contributed by atoms with E-state index in [4.69, 9.17) is 0 Å². The van der Waals surface area contributed by atoms with Crippen LogP contribution >= 0.6 is 0 Å². The van der Waals surface area contributed by atoms with Crippen LogP contribution < -0.4 is 0 Å². The van der Waals surface area contributed by atoms with E-state index >= 15 is 0 Å². The first-order valence-electron chi connectivity index (χ1n) is 6.28. The molecule has 0 saturated heterocycles. The largest absolute Gasteiger partial charge is 0.304 e. The van der Waals surface area contributed by atoms with Crippen LogP contribution in [0.15, 0.2) is 15.6 Å². The maximum absolute atomic E-state index is 11.9. The number of hydrogen-bond acceptors (Lipinski definition) is 4. The summed E-state index contributed by atoms with van der Waals surface area (Å²) in [5.41, 5.74) is 1.82. The molecule has 0 N–H and O–H groups in total. The second-order valence-electron chi connectivity index (χ2n) is 5.68. The highest BCUT2D eigenvalue weighted by Crippen LogP contribution is 2.31. The van der Waals surface area contributed by atoms with Gasteiger partial charge in [0.2, 0.25) is 0 Å². The molecule has 0 aromatic heterocycles. The molecule has 0 aromatic rings. The number of nitrogens with zero attached hydrogens (tertiary/aromatic N) is 2. The zero-order valence-electron chi connectivity index (χ0n) is 12.2. The van der Waals surface area contributed by atoms with Gasteiger partial charge >= 0.3 is 0 Å². The summed E-state index contributed by atoms with van der Waals surface area (Å²) in [5.74, 6) is 0.399. The van der Waals surface area contributed by atoms with Crippen LogP contribution in [0.1, 0.15) is 27.2 Å². The highest BCUT2D eigenvalue weighted by Gasteiger charge is 2.29. The number of aliphatic imine (C=N–C) groups is 1. The molecule has 0 amide bonds. The van der Waals surface area contributed by atoms with Crippen molar-refractivity contribution >= 4 is 15.5 Å². The van der Waals surface area contributed by atoms with Gasteiger partial charge in [-0.3, -0.25) is 4.99 Å². The third-order valence-corrected chi connectivity index (χ3v) is 4.49.